The summed E-state index contributed by atoms with van der Waals surface area (Å²) in [5, 5.41) is 3.37. The van der Waals surface area contributed by atoms with Crippen LogP contribution in [0.4, 0.5) is 0 Å². The first-order chi connectivity index (χ1) is 10.6. The van der Waals surface area contributed by atoms with E-state index >= 15 is 0 Å². The minimum Gasteiger partial charge on any atom is -0.370 e. The molecular weight excluding hydrogens is 463 g/mol. The minimum atomic E-state index is 0. The van der Waals surface area contributed by atoms with E-state index in [1.54, 1.807) is 0 Å². The van der Waals surface area contributed by atoms with Crippen molar-refractivity contribution in [2.75, 3.05) is 13.1 Å². The Morgan fingerprint density at radius 1 is 0.913 bits per heavy atom. The Balaban J connectivity index is 0.000000253. The molecule has 23 heavy (non-hydrogen) atoms. The maximum absolute atomic E-state index is 4.53. The Morgan fingerprint density at radius 2 is 1.48 bits per heavy atom. The Hall–Kier alpha value is -1.40. The van der Waals surface area contributed by atoms with Crippen LogP contribution in [-0.2, 0) is 21.1 Å². The van der Waals surface area contributed by atoms with Crippen LogP contribution >= 0.6 is 0 Å². The van der Waals surface area contributed by atoms with E-state index in [9.17, 15) is 0 Å². The van der Waals surface area contributed by atoms with Gasteiger partial charge in [-0.15, -0.1) is 0 Å². The standard InChI is InChI=1S/C12H16N2.C8H9.Pt/c1-9-5-3-6-10(2)11(9)12-13-7-4-8-14-12;1-7-4-3-5-8(2)6-7;/h3,5-6H,4,7-8H2,1-2H3,(H,13,14);3-5H,1-2H3;/q;-1;. The zero-order chi connectivity index (χ0) is 15.9. The second-order valence-corrected chi connectivity index (χ2v) is 5.79. The van der Waals surface area contributed by atoms with Crippen molar-refractivity contribution in [3.8, 4) is 0 Å². The topological polar surface area (TPSA) is 24.4 Å². The summed E-state index contributed by atoms with van der Waals surface area (Å²) in [6.45, 7) is 10.4. The molecule has 0 bridgehead atoms. The van der Waals surface area contributed by atoms with Crippen molar-refractivity contribution >= 4 is 5.84 Å². The molecule has 0 spiro atoms. The average molecular weight is 489 g/mol. The molecule has 126 valence electrons. The van der Waals surface area contributed by atoms with Gasteiger partial charge in [0.2, 0.25) is 0 Å². The number of aliphatic imine (C=N–C) groups is 1. The number of rotatable bonds is 1. The molecule has 2 aromatic carbocycles. The van der Waals surface area contributed by atoms with Gasteiger partial charge in [0.05, 0.1) is 0 Å². The first-order valence-electron chi connectivity index (χ1n) is 7.88. The number of aryl methyl sites for hydroxylation is 4. The second-order valence-electron chi connectivity index (χ2n) is 5.79. The van der Waals surface area contributed by atoms with Gasteiger partial charge in [0.25, 0.3) is 0 Å². The Kier molecular flexibility index (Phi) is 8.26. The number of amidine groups is 1. The van der Waals surface area contributed by atoms with Gasteiger partial charge in [-0.2, -0.15) is 35.4 Å². The van der Waals surface area contributed by atoms with Gasteiger partial charge in [-0.05, 0) is 31.4 Å². The summed E-state index contributed by atoms with van der Waals surface area (Å²) in [7, 11) is 0. The molecule has 0 aromatic heterocycles. The fourth-order valence-corrected chi connectivity index (χ4v) is 2.62. The molecule has 0 unspecified atom stereocenters. The Labute approximate surface area is 154 Å². The molecule has 0 radical (unpaired) electrons. The van der Waals surface area contributed by atoms with Crippen molar-refractivity contribution < 1.29 is 21.1 Å². The van der Waals surface area contributed by atoms with Gasteiger partial charge in [-0.1, -0.05) is 32.0 Å². The van der Waals surface area contributed by atoms with E-state index in [1.807, 2.05) is 32.0 Å². The molecular formula is C20H25N2Pt-. The largest absolute Gasteiger partial charge is 0.370 e. The van der Waals surface area contributed by atoms with Crippen molar-refractivity contribution in [3.63, 3.8) is 0 Å². The smallest absolute Gasteiger partial charge is 0.128 e. The summed E-state index contributed by atoms with van der Waals surface area (Å²) < 4.78 is 0. The summed E-state index contributed by atoms with van der Waals surface area (Å²) in [4.78, 5) is 4.53. The predicted molar refractivity (Wildman–Crippen MR) is 94.7 cm³/mol. The minimum absolute atomic E-state index is 0. The fourth-order valence-electron chi connectivity index (χ4n) is 2.62. The second kappa shape index (κ2) is 9.67. The van der Waals surface area contributed by atoms with Crippen LogP contribution in [-0.4, -0.2) is 18.9 Å². The van der Waals surface area contributed by atoms with E-state index in [4.69, 9.17) is 0 Å². The molecule has 1 aliphatic heterocycles. The molecule has 0 saturated heterocycles. The van der Waals surface area contributed by atoms with Gasteiger partial charge in [-0.3, -0.25) is 4.99 Å². The number of nitrogens with one attached hydrogen (secondary N) is 1. The van der Waals surface area contributed by atoms with Gasteiger partial charge in [0.15, 0.2) is 0 Å². The van der Waals surface area contributed by atoms with Crippen LogP contribution in [0.25, 0.3) is 0 Å². The molecule has 0 saturated carbocycles. The van der Waals surface area contributed by atoms with E-state index in [0.29, 0.717) is 0 Å². The van der Waals surface area contributed by atoms with E-state index < -0.39 is 0 Å². The summed E-state index contributed by atoms with van der Waals surface area (Å²) >= 11 is 0. The third kappa shape index (κ3) is 5.95. The quantitative estimate of drug-likeness (QED) is 0.600. The fraction of sp³-hybridized carbons (Fsp3) is 0.350. The molecule has 0 fully saturated rings. The van der Waals surface area contributed by atoms with Crippen LogP contribution in [0.2, 0.25) is 0 Å². The van der Waals surface area contributed by atoms with Gasteiger partial charge in [0, 0.05) is 39.7 Å². The first-order valence-corrected chi connectivity index (χ1v) is 7.88. The number of hydrogen-bond acceptors (Lipinski definition) is 2. The molecule has 2 aromatic rings. The van der Waals surface area contributed by atoms with Gasteiger partial charge >= 0.3 is 0 Å². The van der Waals surface area contributed by atoms with E-state index in [-0.39, 0.29) is 21.1 Å². The normalized spacial score (nSPS) is 13.0. The third-order valence-corrected chi connectivity index (χ3v) is 3.70. The van der Waals surface area contributed by atoms with E-state index in [2.05, 4.69) is 48.4 Å². The van der Waals surface area contributed by atoms with Crippen molar-refractivity contribution in [3.05, 3.63) is 70.3 Å². The van der Waals surface area contributed by atoms with Crippen LogP contribution in [0.5, 0.6) is 0 Å². The summed E-state index contributed by atoms with van der Waals surface area (Å²) in [5.74, 6) is 1.08. The molecule has 3 heteroatoms. The zero-order valence-corrected chi connectivity index (χ0v) is 16.6. The number of hydrogen-bond donors (Lipinski definition) is 1. The zero-order valence-electron chi connectivity index (χ0n) is 14.3. The number of nitrogens with zero attached hydrogens (tertiary/aromatic N) is 1. The predicted octanol–water partition coefficient (Wildman–Crippen LogP) is 4.14. The molecule has 0 atom stereocenters. The molecule has 0 amide bonds. The maximum atomic E-state index is 4.53. The molecule has 2 nitrogen and oxygen atoms in total. The van der Waals surface area contributed by atoms with E-state index in [1.165, 1.54) is 27.8 Å². The number of benzene rings is 2. The third-order valence-electron chi connectivity index (χ3n) is 3.70. The Bertz CT molecular complexity index is 625. The summed E-state index contributed by atoms with van der Waals surface area (Å²) in [6.07, 6.45) is 1.15. The van der Waals surface area contributed by atoms with Crippen LogP contribution in [0.15, 0.2) is 41.4 Å². The van der Waals surface area contributed by atoms with Gasteiger partial charge in [-0.25, -0.2) is 0 Å². The summed E-state index contributed by atoms with van der Waals surface area (Å²) in [6, 6.07) is 15.7. The van der Waals surface area contributed by atoms with Crippen LogP contribution in [0, 0.1) is 33.8 Å². The molecule has 1 aliphatic rings. The van der Waals surface area contributed by atoms with Gasteiger partial charge in [0.1, 0.15) is 5.84 Å². The summed E-state index contributed by atoms with van der Waals surface area (Å²) in [5.41, 5.74) is 6.32. The first kappa shape index (κ1) is 19.6. The molecule has 1 heterocycles. The SMILES string of the molecule is Cc1[c-]c(C)ccc1.Cc1cccc(C)c1C1=NCCCN1.[Pt]. The van der Waals surface area contributed by atoms with Crippen molar-refractivity contribution in [1.82, 2.24) is 5.32 Å². The van der Waals surface area contributed by atoms with Crippen LogP contribution < -0.4 is 5.32 Å². The van der Waals surface area contributed by atoms with Gasteiger partial charge < -0.3 is 5.32 Å². The van der Waals surface area contributed by atoms with Crippen LogP contribution in [0.3, 0.4) is 0 Å². The Morgan fingerprint density at radius 3 is 1.91 bits per heavy atom. The van der Waals surface area contributed by atoms with Crippen LogP contribution in [0.1, 0.15) is 34.2 Å². The maximum Gasteiger partial charge on any atom is 0.128 e. The monoisotopic (exact) mass is 488 g/mol. The molecule has 0 aliphatic carbocycles. The molecule has 1 N–H and O–H groups in total. The molecule has 3 rings (SSSR count). The average Bonchev–Trinajstić information content (AvgIpc) is 2.48. The van der Waals surface area contributed by atoms with Crippen molar-refractivity contribution in [2.24, 2.45) is 4.99 Å². The van der Waals surface area contributed by atoms with Crippen molar-refractivity contribution in [2.45, 2.75) is 34.1 Å². The van der Waals surface area contributed by atoms with E-state index in [0.717, 1.165) is 25.3 Å². The van der Waals surface area contributed by atoms with Crippen molar-refractivity contribution in [1.29, 1.82) is 0 Å².